The highest BCUT2D eigenvalue weighted by Crippen LogP contribution is 2.31. The lowest BCUT2D eigenvalue weighted by Crippen LogP contribution is -2.42. The molecule has 5 rings (SSSR count). The summed E-state index contributed by atoms with van der Waals surface area (Å²) >= 11 is 6.45. The molecule has 2 unspecified atom stereocenters. The molecule has 10 nitrogen and oxygen atoms in total. The van der Waals surface area contributed by atoms with Crippen LogP contribution in [-0.4, -0.2) is 49.9 Å². The fourth-order valence-corrected chi connectivity index (χ4v) is 4.96. The number of aromatic amines is 1. The molecule has 4 aromatic rings. The largest absolute Gasteiger partial charge is 0.444 e. The molecule has 11 heteroatoms. The van der Waals surface area contributed by atoms with Gasteiger partial charge in [-0.25, -0.2) is 14.8 Å². The number of rotatable bonds is 6. The van der Waals surface area contributed by atoms with Gasteiger partial charge in [0.05, 0.1) is 16.7 Å². The molecule has 0 saturated heterocycles. The number of carbonyl (C=O) groups is 2. The van der Waals surface area contributed by atoms with Gasteiger partial charge < -0.3 is 15.4 Å². The van der Waals surface area contributed by atoms with E-state index in [1.807, 2.05) is 24.3 Å². The number of benzene rings is 2. The second kappa shape index (κ2) is 11.5. The summed E-state index contributed by atoms with van der Waals surface area (Å²) < 4.78 is 5.27. The van der Waals surface area contributed by atoms with E-state index in [2.05, 4.69) is 36.1 Å². The predicted molar refractivity (Wildman–Crippen MR) is 156 cm³/mol. The third-order valence-corrected chi connectivity index (χ3v) is 6.85. The number of amides is 2. The molecule has 2 aromatic carbocycles. The van der Waals surface area contributed by atoms with Crippen molar-refractivity contribution in [1.29, 1.82) is 0 Å². The number of aromatic nitrogens is 4. The molecular weight excluding hydrogens is 530 g/mol. The van der Waals surface area contributed by atoms with Crippen LogP contribution in [0.4, 0.5) is 16.4 Å². The molecule has 1 aliphatic rings. The maximum absolute atomic E-state index is 12.9. The van der Waals surface area contributed by atoms with Gasteiger partial charge in [-0.05, 0) is 76.8 Å². The zero-order chi connectivity index (χ0) is 28.3. The van der Waals surface area contributed by atoms with Crippen molar-refractivity contribution in [2.24, 2.45) is 0 Å². The lowest BCUT2D eigenvalue weighted by Gasteiger charge is -2.30. The second-order valence-corrected chi connectivity index (χ2v) is 11.3. The van der Waals surface area contributed by atoms with Crippen molar-refractivity contribution >= 4 is 46.1 Å². The van der Waals surface area contributed by atoms with Crippen LogP contribution in [0.3, 0.4) is 0 Å². The summed E-state index contributed by atoms with van der Waals surface area (Å²) in [6.07, 6.45) is 4.54. The minimum atomic E-state index is -0.590. The van der Waals surface area contributed by atoms with E-state index >= 15 is 0 Å². The van der Waals surface area contributed by atoms with Crippen LogP contribution in [0.1, 0.15) is 56.8 Å². The highest BCUT2D eigenvalue weighted by atomic mass is 35.5. The van der Waals surface area contributed by atoms with Crippen LogP contribution in [0.15, 0.2) is 54.7 Å². The van der Waals surface area contributed by atoms with Crippen LogP contribution in [0.5, 0.6) is 0 Å². The number of carbonyl (C=O) groups excluding carboxylic acids is 2. The first-order chi connectivity index (χ1) is 19.1. The van der Waals surface area contributed by atoms with Crippen molar-refractivity contribution in [3.8, 4) is 11.4 Å². The van der Waals surface area contributed by atoms with Gasteiger partial charge in [0.1, 0.15) is 17.0 Å². The van der Waals surface area contributed by atoms with Crippen LogP contribution in [0.25, 0.3) is 22.3 Å². The van der Waals surface area contributed by atoms with Gasteiger partial charge in [0.25, 0.3) is 5.91 Å². The van der Waals surface area contributed by atoms with Crippen molar-refractivity contribution < 1.29 is 14.3 Å². The van der Waals surface area contributed by atoms with Gasteiger partial charge in [-0.2, -0.15) is 5.10 Å². The molecule has 1 fully saturated rings. The standard InChI is InChI=1S/C29H32ClN7O3/c1-29(2,3)40-28(39)34-18-13-11-17(12-14-18)26(38)32-19-7-6-8-20(15-19)33-27-31-16-22(30)25(35-27)24-21-9-4-5-10-23(21)36-37-24/h4-5,9-14,16,19-20H,6-8,15H2,1-3H3,(H,32,38)(H,34,39)(H,36,37)(H,31,33,35). The van der Waals surface area contributed by atoms with Gasteiger partial charge in [-0.3, -0.25) is 15.2 Å². The maximum Gasteiger partial charge on any atom is 0.412 e. The highest BCUT2D eigenvalue weighted by Gasteiger charge is 2.25. The van der Waals surface area contributed by atoms with E-state index < -0.39 is 11.7 Å². The summed E-state index contributed by atoms with van der Waals surface area (Å²) in [6, 6.07) is 14.6. The Hall–Kier alpha value is -4.18. The Morgan fingerprint density at radius 2 is 1.77 bits per heavy atom. The van der Waals surface area contributed by atoms with E-state index in [0.29, 0.717) is 33.6 Å². The molecule has 2 heterocycles. The molecule has 0 radical (unpaired) electrons. The van der Waals surface area contributed by atoms with Crippen LogP contribution in [0, 0.1) is 0 Å². The predicted octanol–water partition coefficient (Wildman–Crippen LogP) is 6.17. The van der Waals surface area contributed by atoms with Crippen molar-refractivity contribution in [2.75, 3.05) is 10.6 Å². The number of hydrogen-bond donors (Lipinski definition) is 4. The molecular formula is C29H32ClN7O3. The molecule has 40 heavy (non-hydrogen) atoms. The third-order valence-electron chi connectivity index (χ3n) is 6.57. The zero-order valence-electron chi connectivity index (χ0n) is 22.6. The summed E-state index contributed by atoms with van der Waals surface area (Å²) in [7, 11) is 0. The van der Waals surface area contributed by atoms with Gasteiger partial charge in [0.15, 0.2) is 0 Å². The molecule has 208 valence electrons. The number of nitrogens with zero attached hydrogens (tertiary/aromatic N) is 3. The Balaban J connectivity index is 1.19. The van der Waals surface area contributed by atoms with E-state index in [1.165, 1.54) is 0 Å². The molecule has 0 spiro atoms. The lowest BCUT2D eigenvalue weighted by molar-refractivity contribution is 0.0635. The average molecular weight is 562 g/mol. The van der Waals surface area contributed by atoms with Gasteiger partial charge in [0, 0.05) is 28.7 Å². The molecule has 0 bridgehead atoms. The Morgan fingerprint density at radius 1 is 1.02 bits per heavy atom. The molecule has 4 N–H and O–H groups in total. The third kappa shape index (κ3) is 6.69. The summed E-state index contributed by atoms with van der Waals surface area (Å²) in [5.41, 5.74) is 2.61. The first kappa shape index (κ1) is 27.4. The summed E-state index contributed by atoms with van der Waals surface area (Å²) in [6.45, 7) is 5.40. The summed E-state index contributed by atoms with van der Waals surface area (Å²) in [5.74, 6) is 0.307. The Bertz CT molecular complexity index is 1510. The van der Waals surface area contributed by atoms with E-state index in [4.69, 9.17) is 16.3 Å². The zero-order valence-corrected chi connectivity index (χ0v) is 23.4. The monoisotopic (exact) mass is 561 g/mol. The number of ether oxygens (including phenoxy) is 1. The lowest BCUT2D eigenvalue weighted by atomic mass is 9.91. The summed E-state index contributed by atoms with van der Waals surface area (Å²) in [4.78, 5) is 34.0. The SMILES string of the molecule is CC(C)(C)OC(=O)Nc1ccc(C(=O)NC2CCCC(Nc3ncc(Cl)c(-c4n[nH]c5ccccc45)n3)C2)cc1. The Morgan fingerprint density at radius 3 is 2.55 bits per heavy atom. The highest BCUT2D eigenvalue weighted by molar-refractivity contribution is 6.33. The molecule has 2 atom stereocenters. The minimum Gasteiger partial charge on any atom is -0.444 e. The number of para-hydroxylation sites is 1. The number of anilines is 2. The van der Waals surface area contributed by atoms with E-state index in [0.717, 1.165) is 36.6 Å². The van der Waals surface area contributed by atoms with E-state index in [9.17, 15) is 9.59 Å². The fourth-order valence-electron chi connectivity index (χ4n) is 4.78. The van der Waals surface area contributed by atoms with E-state index in [-0.39, 0.29) is 18.0 Å². The van der Waals surface area contributed by atoms with Crippen molar-refractivity contribution in [3.05, 3.63) is 65.3 Å². The fraction of sp³-hybridized carbons (Fsp3) is 0.345. The van der Waals surface area contributed by atoms with Gasteiger partial charge in [0.2, 0.25) is 5.95 Å². The van der Waals surface area contributed by atoms with Crippen molar-refractivity contribution in [3.63, 3.8) is 0 Å². The number of H-pyrrole nitrogens is 1. The van der Waals surface area contributed by atoms with Crippen molar-refractivity contribution in [2.45, 2.75) is 64.1 Å². The number of nitrogens with one attached hydrogen (secondary N) is 4. The normalized spacial score (nSPS) is 17.3. The number of halogens is 1. The number of fused-ring (bicyclic) bond motifs is 1. The number of hydrogen-bond acceptors (Lipinski definition) is 7. The van der Waals surface area contributed by atoms with Crippen LogP contribution < -0.4 is 16.0 Å². The average Bonchev–Trinajstić information content (AvgIpc) is 3.33. The quantitative estimate of drug-likeness (QED) is 0.221. The molecule has 2 amide bonds. The molecule has 1 saturated carbocycles. The van der Waals surface area contributed by atoms with Gasteiger partial charge >= 0.3 is 6.09 Å². The first-order valence-electron chi connectivity index (χ1n) is 13.3. The second-order valence-electron chi connectivity index (χ2n) is 10.9. The first-order valence-corrected chi connectivity index (χ1v) is 13.7. The smallest absolute Gasteiger partial charge is 0.412 e. The van der Waals surface area contributed by atoms with Crippen LogP contribution >= 0.6 is 11.6 Å². The van der Waals surface area contributed by atoms with Crippen molar-refractivity contribution in [1.82, 2.24) is 25.5 Å². The van der Waals surface area contributed by atoms with Crippen LogP contribution in [0.2, 0.25) is 5.02 Å². The Kier molecular flexibility index (Phi) is 7.88. The molecule has 1 aliphatic carbocycles. The minimum absolute atomic E-state index is 0.000342. The van der Waals surface area contributed by atoms with E-state index in [1.54, 1.807) is 51.2 Å². The Labute approximate surface area is 237 Å². The van der Waals surface area contributed by atoms with Gasteiger partial charge in [-0.15, -0.1) is 0 Å². The molecule has 0 aliphatic heterocycles. The van der Waals surface area contributed by atoms with Crippen LogP contribution in [-0.2, 0) is 4.74 Å². The summed E-state index contributed by atoms with van der Waals surface area (Å²) in [5, 5.41) is 18.0. The maximum atomic E-state index is 12.9. The van der Waals surface area contributed by atoms with Gasteiger partial charge in [-0.1, -0.05) is 29.8 Å². The molecule has 2 aromatic heterocycles. The topological polar surface area (TPSA) is 134 Å².